The van der Waals surface area contributed by atoms with E-state index in [4.69, 9.17) is 19.6 Å². The first-order valence-electron chi connectivity index (χ1n) is 9.84. The molecule has 3 aromatic rings. The molecule has 4 N–H and O–H groups in total. The van der Waals surface area contributed by atoms with Gasteiger partial charge in [0.1, 0.15) is 23.7 Å². The SMILES string of the molecule is NC(=O)c1ccc(OCCNC(=O)c2oc3ccccc3c2COCCC(F)(F)F)cc1O. The van der Waals surface area contributed by atoms with Crippen LogP contribution in [0.1, 0.15) is 32.9 Å². The molecule has 0 spiro atoms. The lowest BCUT2D eigenvalue weighted by Crippen LogP contribution is -2.28. The number of alkyl halides is 3. The van der Waals surface area contributed by atoms with Crippen molar-refractivity contribution in [3.8, 4) is 11.5 Å². The molecule has 0 saturated heterocycles. The summed E-state index contributed by atoms with van der Waals surface area (Å²) < 4.78 is 53.2. The summed E-state index contributed by atoms with van der Waals surface area (Å²) in [4.78, 5) is 23.8. The molecule has 1 aromatic heterocycles. The maximum absolute atomic E-state index is 12.6. The Bertz CT molecular complexity index is 1140. The van der Waals surface area contributed by atoms with Gasteiger partial charge in [-0.2, -0.15) is 13.2 Å². The zero-order chi connectivity index (χ0) is 24.0. The van der Waals surface area contributed by atoms with E-state index in [0.717, 1.165) is 0 Å². The van der Waals surface area contributed by atoms with Crippen LogP contribution in [0.4, 0.5) is 13.2 Å². The number of carbonyl (C=O) groups excluding carboxylic acids is 2. The quantitative estimate of drug-likeness (QED) is 0.393. The Labute approximate surface area is 186 Å². The predicted molar refractivity (Wildman–Crippen MR) is 111 cm³/mol. The number of rotatable bonds is 10. The highest BCUT2D eigenvalue weighted by Gasteiger charge is 2.27. The minimum absolute atomic E-state index is 0.0265. The van der Waals surface area contributed by atoms with Crippen LogP contribution in [0.3, 0.4) is 0 Å². The second-order valence-corrected chi connectivity index (χ2v) is 6.97. The molecule has 8 nitrogen and oxygen atoms in total. The summed E-state index contributed by atoms with van der Waals surface area (Å²) in [5.74, 6) is -1.51. The summed E-state index contributed by atoms with van der Waals surface area (Å²) in [7, 11) is 0. The first kappa shape index (κ1) is 23.9. The van der Waals surface area contributed by atoms with Gasteiger partial charge in [0.15, 0.2) is 5.76 Å². The third kappa shape index (κ3) is 6.39. The number of aromatic hydroxyl groups is 1. The number of benzene rings is 2. The van der Waals surface area contributed by atoms with E-state index in [1.54, 1.807) is 24.3 Å². The molecule has 0 saturated carbocycles. The average Bonchev–Trinajstić information content (AvgIpc) is 3.12. The molecule has 0 bridgehead atoms. The number of nitrogens with one attached hydrogen (secondary N) is 1. The molecular formula is C22H21F3N2O6. The van der Waals surface area contributed by atoms with Gasteiger partial charge in [0.05, 0.1) is 31.7 Å². The summed E-state index contributed by atoms with van der Waals surface area (Å²) in [6.45, 7) is -0.682. The van der Waals surface area contributed by atoms with Gasteiger partial charge in [-0.15, -0.1) is 0 Å². The number of hydrogen-bond acceptors (Lipinski definition) is 6. The van der Waals surface area contributed by atoms with E-state index < -0.39 is 31.0 Å². The van der Waals surface area contributed by atoms with E-state index in [1.165, 1.54) is 18.2 Å². The number of amides is 2. The second-order valence-electron chi connectivity index (χ2n) is 6.97. The van der Waals surface area contributed by atoms with Crippen LogP contribution in [0.2, 0.25) is 0 Å². The van der Waals surface area contributed by atoms with Crippen LogP contribution in [0, 0.1) is 0 Å². The van der Waals surface area contributed by atoms with E-state index in [9.17, 15) is 27.9 Å². The molecule has 2 amide bonds. The number of carbonyl (C=O) groups is 2. The molecule has 0 fully saturated rings. The molecule has 1 heterocycles. The van der Waals surface area contributed by atoms with Gasteiger partial charge in [-0.05, 0) is 18.2 Å². The number of phenols is 1. The van der Waals surface area contributed by atoms with Crippen molar-refractivity contribution in [3.63, 3.8) is 0 Å². The summed E-state index contributed by atoms with van der Waals surface area (Å²) >= 11 is 0. The van der Waals surface area contributed by atoms with E-state index in [-0.39, 0.29) is 42.6 Å². The van der Waals surface area contributed by atoms with Gasteiger partial charge in [0.25, 0.3) is 11.8 Å². The summed E-state index contributed by atoms with van der Waals surface area (Å²) in [5, 5.41) is 12.9. The molecule has 0 aliphatic carbocycles. The van der Waals surface area contributed by atoms with Crippen molar-refractivity contribution in [1.29, 1.82) is 0 Å². The lowest BCUT2D eigenvalue weighted by Gasteiger charge is -2.10. The van der Waals surface area contributed by atoms with Crippen molar-refractivity contribution < 1.29 is 41.8 Å². The Balaban J connectivity index is 1.60. The first-order valence-corrected chi connectivity index (χ1v) is 9.84. The standard InChI is InChI=1S/C22H21F3N2O6/c23-22(24,25)7-9-31-12-16-14-3-1-2-4-18(14)33-19(16)21(30)27-8-10-32-13-5-6-15(20(26)29)17(28)11-13/h1-6,11,28H,7-10,12H2,(H2,26,29)(H,27,30). The van der Waals surface area contributed by atoms with Crippen molar-refractivity contribution in [1.82, 2.24) is 5.32 Å². The van der Waals surface area contributed by atoms with Crippen LogP contribution in [0.5, 0.6) is 11.5 Å². The monoisotopic (exact) mass is 466 g/mol. The maximum atomic E-state index is 12.6. The van der Waals surface area contributed by atoms with Gasteiger partial charge in [-0.3, -0.25) is 9.59 Å². The molecule has 2 aromatic carbocycles. The van der Waals surface area contributed by atoms with Gasteiger partial charge in [-0.25, -0.2) is 0 Å². The predicted octanol–water partition coefficient (Wildman–Crippen LogP) is 3.52. The number of primary amides is 1. The van der Waals surface area contributed by atoms with Gasteiger partial charge >= 0.3 is 6.18 Å². The van der Waals surface area contributed by atoms with Crippen LogP contribution in [-0.2, 0) is 11.3 Å². The van der Waals surface area contributed by atoms with Crippen molar-refractivity contribution in [2.45, 2.75) is 19.2 Å². The van der Waals surface area contributed by atoms with Gasteiger partial charge in [0, 0.05) is 17.0 Å². The molecule has 176 valence electrons. The van der Waals surface area contributed by atoms with E-state index in [1.807, 2.05) is 0 Å². The van der Waals surface area contributed by atoms with Crippen LogP contribution in [0.25, 0.3) is 11.0 Å². The van der Waals surface area contributed by atoms with Crippen molar-refractivity contribution >= 4 is 22.8 Å². The van der Waals surface area contributed by atoms with E-state index in [2.05, 4.69) is 5.32 Å². The van der Waals surface area contributed by atoms with Crippen LogP contribution in [-0.4, -0.2) is 42.9 Å². The van der Waals surface area contributed by atoms with Gasteiger partial charge in [-0.1, -0.05) is 18.2 Å². The lowest BCUT2D eigenvalue weighted by molar-refractivity contribution is -0.146. The maximum Gasteiger partial charge on any atom is 0.391 e. The Morgan fingerprint density at radius 2 is 1.88 bits per heavy atom. The first-order chi connectivity index (χ1) is 15.7. The smallest absolute Gasteiger partial charge is 0.391 e. The Morgan fingerprint density at radius 3 is 2.58 bits per heavy atom. The molecular weight excluding hydrogens is 445 g/mol. The highest BCUT2D eigenvalue weighted by molar-refractivity contribution is 5.99. The zero-order valence-electron chi connectivity index (χ0n) is 17.3. The number of nitrogens with two attached hydrogens (primary N) is 1. The van der Waals surface area contributed by atoms with Crippen LogP contribution in [0.15, 0.2) is 46.9 Å². The molecule has 33 heavy (non-hydrogen) atoms. The zero-order valence-corrected chi connectivity index (χ0v) is 17.3. The van der Waals surface area contributed by atoms with E-state index in [0.29, 0.717) is 16.5 Å². The largest absolute Gasteiger partial charge is 0.507 e. The second kappa shape index (κ2) is 10.3. The Morgan fingerprint density at radius 1 is 1.12 bits per heavy atom. The number of hydrogen-bond donors (Lipinski definition) is 3. The summed E-state index contributed by atoms with van der Waals surface area (Å²) in [6, 6.07) is 10.7. The lowest BCUT2D eigenvalue weighted by atomic mass is 10.1. The number of para-hydroxylation sites is 1. The molecule has 3 rings (SSSR count). The topological polar surface area (TPSA) is 124 Å². The molecule has 0 atom stereocenters. The number of halogens is 3. The van der Waals surface area contributed by atoms with Crippen LogP contribution >= 0.6 is 0 Å². The average molecular weight is 466 g/mol. The van der Waals surface area contributed by atoms with E-state index >= 15 is 0 Å². The van der Waals surface area contributed by atoms with Crippen molar-refractivity contribution in [2.24, 2.45) is 5.73 Å². The Kier molecular flexibility index (Phi) is 7.44. The van der Waals surface area contributed by atoms with Gasteiger partial charge in [0.2, 0.25) is 0 Å². The number of ether oxygens (including phenoxy) is 2. The summed E-state index contributed by atoms with van der Waals surface area (Å²) in [6.07, 6.45) is -5.44. The molecule has 0 unspecified atom stereocenters. The Hall–Kier alpha value is -3.73. The highest BCUT2D eigenvalue weighted by atomic mass is 19.4. The van der Waals surface area contributed by atoms with Gasteiger partial charge < -0.3 is 30.0 Å². The fourth-order valence-electron chi connectivity index (χ4n) is 3.01. The normalized spacial score (nSPS) is 11.5. The molecule has 11 heteroatoms. The number of fused-ring (bicyclic) bond motifs is 1. The minimum Gasteiger partial charge on any atom is -0.507 e. The van der Waals surface area contributed by atoms with Crippen molar-refractivity contribution in [2.75, 3.05) is 19.8 Å². The minimum atomic E-state index is -4.34. The molecule has 0 radical (unpaired) electrons. The third-order valence-electron chi connectivity index (χ3n) is 4.57. The summed E-state index contributed by atoms with van der Waals surface area (Å²) in [5.41, 5.74) is 5.81. The fraction of sp³-hybridized carbons (Fsp3) is 0.273. The highest BCUT2D eigenvalue weighted by Crippen LogP contribution is 2.27. The van der Waals surface area contributed by atoms with Crippen molar-refractivity contribution in [3.05, 3.63) is 59.4 Å². The van der Waals surface area contributed by atoms with Crippen LogP contribution < -0.4 is 15.8 Å². The molecule has 0 aliphatic rings. The third-order valence-corrected chi connectivity index (χ3v) is 4.57. The number of furan rings is 1. The fourth-order valence-corrected chi connectivity index (χ4v) is 3.01. The molecule has 0 aliphatic heterocycles.